The molecule has 1 aromatic heterocycles. The fraction of sp³-hybridized carbons (Fsp3) is 0.364. The first kappa shape index (κ1) is 22.0. The number of nitrogens with zero attached hydrogens (tertiary/aromatic N) is 2. The van der Waals surface area contributed by atoms with E-state index in [2.05, 4.69) is 11.5 Å². The summed E-state index contributed by atoms with van der Waals surface area (Å²) < 4.78 is 17.2. The standard InChI is InChI=1S/C22H23N2O5PS/c1-24(2)18-15-10-14(31-30-4)11-16(25)22(15,27-3)20(26)17-19(18)29-23-21(17)28-12-13-8-6-5-7-9-13/h5-9,11,15,18H,4,10,12H2,1-3H3. The number of carbonyl (C=O) groups excluding carboxylic acids is 2. The Morgan fingerprint density at radius 1 is 1.32 bits per heavy atom. The second-order valence-corrected chi connectivity index (χ2v) is 9.97. The molecule has 0 spiro atoms. The van der Waals surface area contributed by atoms with Crippen molar-refractivity contribution in [3.8, 4) is 5.88 Å². The minimum absolute atomic E-state index is 0.0822. The number of fused-ring (bicyclic) bond motifs is 2. The summed E-state index contributed by atoms with van der Waals surface area (Å²) in [6.45, 7) is 0.223. The second kappa shape index (κ2) is 8.71. The van der Waals surface area contributed by atoms with Gasteiger partial charge in [0.05, 0.1) is 6.04 Å². The summed E-state index contributed by atoms with van der Waals surface area (Å²) >= 11 is 1.47. The highest BCUT2D eigenvalue weighted by Crippen LogP contribution is 2.53. The molecule has 162 valence electrons. The van der Waals surface area contributed by atoms with Crippen LogP contribution < -0.4 is 4.74 Å². The van der Waals surface area contributed by atoms with Gasteiger partial charge in [0.2, 0.25) is 5.78 Å². The molecule has 0 N–H and O–H groups in total. The smallest absolute Gasteiger partial charge is 0.265 e. The number of Topliss-reactive ketones (excluding diaryl/α,β-unsaturated/α-hetero) is 1. The van der Waals surface area contributed by atoms with Crippen molar-refractivity contribution in [3.63, 3.8) is 0 Å². The molecular weight excluding hydrogens is 435 g/mol. The molecule has 4 rings (SSSR count). The van der Waals surface area contributed by atoms with E-state index in [0.717, 1.165) is 17.9 Å². The molecule has 31 heavy (non-hydrogen) atoms. The van der Waals surface area contributed by atoms with Gasteiger partial charge in [-0.3, -0.25) is 14.5 Å². The summed E-state index contributed by atoms with van der Waals surface area (Å²) in [5.41, 5.74) is -0.530. The van der Waals surface area contributed by atoms with Crippen LogP contribution in [0.2, 0.25) is 0 Å². The Bertz CT molecular complexity index is 1050. The lowest BCUT2D eigenvalue weighted by atomic mass is 9.65. The van der Waals surface area contributed by atoms with E-state index in [1.165, 1.54) is 24.6 Å². The van der Waals surface area contributed by atoms with Crippen LogP contribution in [-0.4, -0.2) is 54.7 Å². The van der Waals surface area contributed by atoms with Gasteiger partial charge < -0.3 is 14.0 Å². The number of ketones is 2. The SMILES string of the molecule is C=PSC1=CC(=O)C2(OC)C(=O)c3c(OCc4ccccc4)noc3C(N(C)C)C2C1. The van der Waals surface area contributed by atoms with Crippen molar-refractivity contribution in [3.05, 3.63) is 58.2 Å². The summed E-state index contributed by atoms with van der Waals surface area (Å²) in [4.78, 5) is 29.9. The average molecular weight is 458 g/mol. The molecule has 2 aliphatic carbocycles. The molecule has 0 aliphatic heterocycles. The fourth-order valence-corrected chi connectivity index (χ4v) is 5.91. The van der Waals surface area contributed by atoms with Gasteiger partial charge >= 0.3 is 0 Å². The predicted molar refractivity (Wildman–Crippen MR) is 121 cm³/mol. The van der Waals surface area contributed by atoms with Crippen molar-refractivity contribution in [2.45, 2.75) is 24.7 Å². The van der Waals surface area contributed by atoms with Crippen molar-refractivity contribution in [1.82, 2.24) is 10.1 Å². The molecular formula is C22H23N2O5PS. The Hall–Kier alpha value is -2.25. The minimum atomic E-state index is -1.64. The quantitative estimate of drug-likeness (QED) is 0.456. The molecule has 0 fully saturated rings. The summed E-state index contributed by atoms with van der Waals surface area (Å²) in [7, 11) is 6.00. The van der Waals surface area contributed by atoms with Gasteiger partial charge in [-0.1, -0.05) is 48.0 Å². The molecule has 3 atom stereocenters. The van der Waals surface area contributed by atoms with Crippen LogP contribution in [0.5, 0.6) is 5.88 Å². The first-order valence-corrected chi connectivity index (χ1v) is 12.2. The van der Waals surface area contributed by atoms with Crippen LogP contribution in [0.1, 0.15) is 34.1 Å². The van der Waals surface area contributed by atoms with Gasteiger partial charge in [0.15, 0.2) is 17.1 Å². The molecule has 0 saturated carbocycles. The van der Waals surface area contributed by atoms with E-state index in [4.69, 9.17) is 14.0 Å². The highest BCUT2D eigenvalue weighted by atomic mass is 32.7. The normalized spacial score (nSPS) is 25.4. The Morgan fingerprint density at radius 2 is 2.06 bits per heavy atom. The molecule has 0 amide bonds. The van der Waals surface area contributed by atoms with Crippen molar-refractivity contribution in [2.75, 3.05) is 21.2 Å². The van der Waals surface area contributed by atoms with Gasteiger partial charge in [-0.05, 0) is 49.6 Å². The van der Waals surface area contributed by atoms with E-state index in [0.29, 0.717) is 12.2 Å². The van der Waals surface area contributed by atoms with Gasteiger partial charge in [-0.25, -0.2) is 0 Å². The topological polar surface area (TPSA) is 81.9 Å². The Labute approximate surface area is 186 Å². The number of aromatic nitrogens is 1. The third kappa shape index (κ3) is 3.57. The maximum absolute atomic E-state index is 13.7. The Morgan fingerprint density at radius 3 is 2.71 bits per heavy atom. The molecule has 0 bridgehead atoms. The maximum Gasteiger partial charge on any atom is 0.265 e. The molecule has 0 saturated heterocycles. The summed E-state index contributed by atoms with van der Waals surface area (Å²) in [5.74, 6) is -0.796. The third-order valence-electron chi connectivity index (χ3n) is 5.78. The van der Waals surface area contributed by atoms with Gasteiger partial charge in [-0.15, -0.1) is 0 Å². The average Bonchev–Trinajstić information content (AvgIpc) is 3.17. The lowest BCUT2D eigenvalue weighted by Gasteiger charge is -2.46. The zero-order valence-electron chi connectivity index (χ0n) is 17.5. The number of rotatable bonds is 7. The number of ether oxygens (including phenoxy) is 2. The number of hydrogen-bond donors (Lipinski definition) is 0. The molecule has 7 nitrogen and oxygen atoms in total. The van der Waals surface area contributed by atoms with Gasteiger partial charge in [0, 0.05) is 13.0 Å². The van der Waals surface area contributed by atoms with Gasteiger partial charge in [-0.2, -0.15) is 0 Å². The summed E-state index contributed by atoms with van der Waals surface area (Å²) in [5, 5.41) is 4.05. The fourth-order valence-electron chi connectivity index (χ4n) is 4.45. The van der Waals surface area contributed by atoms with Crippen molar-refractivity contribution in [1.29, 1.82) is 0 Å². The lowest BCUT2D eigenvalue weighted by Crippen LogP contribution is -2.61. The predicted octanol–water partition coefficient (Wildman–Crippen LogP) is 3.94. The first-order valence-electron chi connectivity index (χ1n) is 9.74. The summed E-state index contributed by atoms with van der Waals surface area (Å²) in [6, 6.07) is 9.17. The molecule has 3 unspecified atom stereocenters. The molecule has 0 radical (unpaired) electrons. The molecule has 1 heterocycles. The maximum atomic E-state index is 13.7. The van der Waals surface area contributed by atoms with E-state index in [9.17, 15) is 9.59 Å². The van der Waals surface area contributed by atoms with Gasteiger partial charge in [0.1, 0.15) is 12.2 Å². The zero-order valence-corrected chi connectivity index (χ0v) is 19.2. The van der Waals surface area contributed by atoms with E-state index in [-0.39, 0.29) is 29.9 Å². The Kier molecular flexibility index (Phi) is 6.17. The highest BCUT2D eigenvalue weighted by Gasteiger charge is 2.63. The first-order chi connectivity index (χ1) is 14.9. The Balaban J connectivity index is 1.78. The van der Waals surface area contributed by atoms with Crippen LogP contribution >= 0.6 is 18.8 Å². The second-order valence-electron chi connectivity index (χ2n) is 7.68. The highest BCUT2D eigenvalue weighted by molar-refractivity contribution is 8.50. The molecule has 1 aromatic carbocycles. The van der Waals surface area contributed by atoms with E-state index < -0.39 is 17.3 Å². The lowest BCUT2D eigenvalue weighted by molar-refractivity contribution is -0.141. The number of benzene rings is 1. The zero-order chi connectivity index (χ0) is 22.2. The van der Waals surface area contributed by atoms with Crippen LogP contribution in [0.25, 0.3) is 0 Å². The number of carbonyl (C=O) groups is 2. The minimum Gasteiger partial charge on any atom is -0.470 e. The van der Waals surface area contributed by atoms with E-state index >= 15 is 0 Å². The van der Waals surface area contributed by atoms with Crippen molar-refractivity contribution >= 4 is 36.7 Å². The number of hydrogen-bond acceptors (Lipinski definition) is 8. The van der Waals surface area contributed by atoms with Crippen LogP contribution in [0.3, 0.4) is 0 Å². The largest absolute Gasteiger partial charge is 0.470 e. The van der Waals surface area contributed by atoms with Crippen LogP contribution in [0.4, 0.5) is 0 Å². The van der Waals surface area contributed by atoms with Gasteiger partial charge in [0.25, 0.3) is 5.88 Å². The van der Waals surface area contributed by atoms with Crippen LogP contribution in [-0.2, 0) is 16.1 Å². The number of allylic oxidation sites excluding steroid dienone is 1. The van der Waals surface area contributed by atoms with E-state index in [1.807, 2.05) is 49.3 Å². The van der Waals surface area contributed by atoms with Crippen molar-refractivity contribution in [2.24, 2.45) is 5.92 Å². The summed E-state index contributed by atoms with van der Waals surface area (Å²) in [6.07, 6.45) is 5.84. The number of methoxy groups -OCH3 is 1. The van der Waals surface area contributed by atoms with E-state index in [1.54, 1.807) is 0 Å². The van der Waals surface area contributed by atoms with Crippen molar-refractivity contribution < 1.29 is 23.6 Å². The van der Waals surface area contributed by atoms with Crippen LogP contribution in [0.15, 0.2) is 45.8 Å². The molecule has 2 aromatic rings. The molecule has 9 heteroatoms. The van der Waals surface area contributed by atoms with Crippen LogP contribution in [0, 0.1) is 5.92 Å². The third-order valence-corrected chi connectivity index (χ3v) is 7.52. The monoisotopic (exact) mass is 458 g/mol. The molecule has 2 aliphatic rings.